The van der Waals surface area contributed by atoms with Gasteiger partial charge in [0.25, 0.3) is 5.92 Å². The molecule has 1 aliphatic heterocycles. The molecule has 20 heavy (non-hydrogen) atoms. The fourth-order valence-corrected chi connectivity index (χ4v) is 3.76. The van der Waals surface area contributed by atoms with E-state index in [2.05, 4.69) is 4.99 Å². The molecule has 0 fully saturated rings. The standard InChI is InChI=1S/C13H18F2N2O2S/c1-12(14,15)13(20(3,18)19-2)9-17(10-16-13)11-7-5-4-6-8-11/h4-8,10,18H,9H2,1-3H3. The van der Waals surface area contributed by atoms with E-state index in [0.29, 0.717) is 0 Å². The lowest BCUT2D eigenvalue weighted by Crippen LogP contribution is -2.52. The SMILES string of the molecule is COS(C)(O)C1(C(C)(F)F)CN(c2ccccc2)C=N1. The molecule has 112 valence electrons. The van der Waals surface area contributed by atoms with E-state index >= 15 is 0 Å². The number of halogens is 2. The van der Waals surface area contributed by atoms with Crippen LogP contribution in [-0.2, 0) is 4.18 Å². The summed E-state index contributed by atoms with van der Waals surface area (Å²) in [6, 6.07) is 9.07. The molecule has 2 atom stereocenters. The Labute approximate surface area is 118 Å². The molecule has 0 bridgehead atoms. The first-order valence-electron chi connectivity index (χ1n) is 6.04. The van der Waals surface area contributed by atoms with Crippen molar-refractivity contribution in [2.75, 3.05) is 24.8 Å². The first-order chi connectivity index (χ1) is 9.23. The largest absolute Gasteiger partial charge is 0.328 e. The highest BCUT2D eigenvalue weighted by Gasteiger charge is 2.61. The Bertz CT molecular complexity index is 505. The summed E-state index contributed by atoms with van der Waals surface area (Å²) >= 11 is 0. The lowest BCUT2D eigenvalue weighted by molar-refractivity contribution is -0.0196. The Morgan fingerprint density at radius 2 is 2.00 bits per heavy atom. The third-order valence-corrected chi connectivity index (χ3v) is 6.01. The molecule has 0 saturated carbocycles. The van der Waals surface area contributed by atoms with Crippen molar-refractivity contribution in [3.63, 3.8) is 0 Å². The maximum absolute atomic E-state index is 14.1. The number of nitrogens with zero attached hydrogens (tertiary/aromatic N) is 2. The van der Waals surface area contributed by atoms with Gasteiger partial charge < -0.3 is 4.90 Å². The van der Waals surface area contributed by atoms with Gasteiger partial charge in [-0.3, -0.25) is 8.74 Å². The van der Waals surface area contributed by atoms with Crippen molar-refractivity contribution in [1.29, 1.82) is 0 Å². The second-order valence-electron chi connectivity index (χ2n) is 4.85. The van der Waals surface area contributed by atoms with E-state index in [1.54, 1.807) is 17.0 Å². The molecule has 1 aromatic carbocycles. The topological polar surface area (TPSA) is 45.1 Å². The summed E-state index contributed by atoms with van der Waals surface area (Å²) in [6.07, 6.45) is 2.63. The Morgan fingerprint density at radius 3 is 2.50 bits per heavy atom. The van der Waals surface area contributed by atoms with E-state index in [0.717, 1.165) is 12.6 Å². The molecular weight excluding hydrogens is 286 g/mol. The summed E-state index contributed by atoms with van der Waals surface area (Å²) in [5, 5.41) is 0. The maximum atomic E-state index is 14.1. The van der Waals surface area contributed by atoms with Gasteiger partial charge in [-0.2, -0.15) is 10.6 Å². The maximum Gasteiger partial charge on any atom is 0.289 e. The van der Waals surface area contributed by atoms with Crippen molar-refractivity contribution in [3.05, 3.63) is 30.3 Å². The lowest BCUT2D eigenvalue weighted by atomic mass is 10.1. The average molecular weight is 304 g/mol. The zero-order valence-electron chi connectivity index (χ0n) is 11.6. The molecule has 1 aliphatic rings. The van der Waals surface area contributed by atoms with E-state index in [1.165, 1.54) is 19.7 Å². The highest BCUT2D eigenvalue weighted by atomic mass is 32.3. The average Bonchev–Trinajstić information content (AvgIpc) is 2.86. The quantitative estimate of drug-likeness (QED) is 0.927. The molecule has 0 radical (unpaired) electrons. The van der Waals surface area contributed by atoms with Crippen LogP contribution in [0.2, 0.25) is 0 Å². The summed E-state index contributed by atoms with van der Waals surface area (Å²) < 4.78 is 43.5. The van der Waals surface area contributed by atoms with Crippen LogP contribution in [0.25, 0.3) is 0 Å². The number of hydrogen-bond acceptors (Lipinski definition) is 4. The number of anilines is 1. The van der Waals surface area contributed by atoms with Gasteiger partial charge in [0, 0.05) is 18.9 Å². The minimum atomic E-state index is -3.21. The number of alkyl halides is 2. The predicted molar refractivity (Wildman–Crippen MR) is 78.8 cm³/mol. The van der Waals surface area contributed by atoms with Crippen molar-refractivity contribution < 1.29 is 17.5 Å². The van der Waals surface area contributed by atoms with Crippen LogP contribution in [-0.4, -0.2) is 41.6 Å². The normalized spacial score (nSPS) is 27.4. The Morgan fingerprint density at radius 1 is 1.40 bits per heavy atom. The van der Waals surface area contributed by atoms with Crippen molar-refractivity contribution in [2.24, 2.45) is 4.99 Å². The van der Waals surface area contributed by atoms with Crippen LogP contribution in [0.3, 0.4) is 0 Å². The van der Waals surface area contributed by atoms with Crippen LogP contribution in [0.1, 0.15) is 6.92 Å². The fourth-order valence-electron chi connectivity index (χ4n) is 2.19. The van der Waals surface area contributed by atoms with Crippen LogP contribution in [0.5, 0.6) is 0 Å². The van der Waals surface area contributed by atoms with Gasteiger partial charge in [0.05, 0.1) is 20.0 Å². The molecule has 1 N–H and O–H groups in total. The van der Waals surface area contributed by atoms with E-state index < -0.39 is 21.4 Å². The van der Waals surface area contributed by atoms with Gasteiger partial charge in [0.2, 0.25) is 4.87 Å². The molecule has 2 rings (SSSR count). The van der Waals surface area contributed by atoms with Crippen LogP contribution >= 0.6 is 10.6 Å². The monoisotopic (exact) mass is 304 g/mol. The predicted octanol–water partition coefficient (Wildman–Crippen LogP) is 3.36. The second kappa shape index (κ2) is 4.98. The zero-order valence-corrected chi connectivity index (χ0v) is 12.4. The molecule has 0 aliphatic carbocycles. The number of aliphatic imine (C=N–C) groups is 1. The van der Waals surface area contributed by atoms with E-state index in [1.807, 2.05) is 18.2 Å². The van der Waals surface area contributed by atoms with Gasteiger partial charge in [0.1, 0.15) is 0 Å². The summed E-state index contributed by atoms with van der Waals surface area (Å²) in [7, 11) is -1.82. The molecule has 0 spiro atoms. The lowest BCUT2D eigenvalue weighted by Gasteiger charge is -2.49. The molecule has 0 amide bonds. The van der Waals surface area contributed by atoms with Crippen molar-refractivity contribution in [2.45, 2.75) is 17.7 Å². The summed E-state index contributed by atoms with van der Waals surface area (Å²) in [5.41, 5.74) is 0.744. The van der Waals surface area contributed by atoms with Crippen molar-refractivity contribution >= 4 is 22.6 Å². The van der Waals surface area contributed by atoms with Crippen LogP contribution in [0.4, 0.5) is 14.5 Å². The Hall–Kier alpha value is -1.18. The molecular formula is C13H18F2N2O2S. The molecule has 1 aromatic rings. The van der Waals surface area contributed by atoms with Crippen molar-refractivity contribution in [3.8, 4) is 0 Å². The third-order valence-electron chi connectivity index (χ3n) is 3.52. The molecule has 0 aromatic heterocycles. The van der Waals surface area contributed by atoms with Gasteiger partial charge >= 0.3 is 0 Å². The van der Waals surface area contributed by atoms with Crippen LogP contribution in [0, 0.1) is 0 Å². The third kappa shape index (κ3) is 2.30. The number of rotatable bonds is 4. The first-order valence-corrected chi connectivity index (χ1v) is 7.97. The van der Waals surface area contributed by atoms with Gasteiger partial charge in [-0.15, -0.1) is 0 Å². The number of para-hydroxylation sites is 1. The fraction of sp³-hybridized carbons (Fsp3) is 0.462. The summed E-state index contributed by atoms with van der Waals surface area (Å²) in [5.74, 6) is -3.21. The minimum Gasteiger partial charge on any atom is -0.328 e. The molecule has 2 unspecified atom stereocenters. The minimum absolute atomic E-state index is 0.128. The summed E-state index contributed by atoms with van der Waals surface area (Å²) in [6.45, 7) is 0.635. The van der Waals surface area contributed by atoms with Crippen LogP contribution in [0.15, 0.2) is 35.3 Å². The van der Waals surface area contributed by atoms with E-state index in [9.17, 15) is 13.3 Å². The van der Waals surface area contributed by atoms with Crippen molar-refractivity contribution in [1.82, 2.24) is 0 Å². The van der Waals surface area contributed by atoms with E-state index in [4.69, 9.17) is 4.18 Å². The second-order valence-corrected chi connectivity index (χ2v) is 7.46. The smallest absolute Gasteiger partial charge is 0.289 e. The Kier molecular flexibility index (Phi) is 3.79. The molecule has 1 heterocycles. The van der Waals surface area contributed by atoms with Gasteiger partial charge in [0.15, 0.2) is 0 Å². The highest BCUT2D eigenvalue weighted by Crippen LogP contribution is 2.61. The molecule has 7 heteroatoms. The molecule has 0 saturated heterocycles. The first kappa shape index (κ1) is 15.2. The van der Waals surface area contributed by atoms with Crippen LogP contribution < -0.4 is 4.90 Å². The van der Waals surface area contributed by atoms with E-state index in [-0.39, 0.29) is 6.54 Å². The Balaban J connectivity index is 2.38. The number of hydrogen-bond donors (Lipinski definition) is 1. The van der Waals surface area contributed by atoms with Gasteiger partial charge in [-0.1, -0.05) is 18.2 Å². The highest BCUT2D eigenvalue weighted by molar-refractivity contribution is 8.25. The molecule has 4 nitrogen and oxygen atoms in total. The van der Waals surface area contributed by atoms with Gasteiger partial charge in [-0.05, 0) is 12.1 Å². The zero-order chi connectivity index (χ0) is 15.0. The van der Waals surface area contributed by atoms with Gasteiger partial charge in [-0.25, -0.2) is 13.8 Å². The summed E-state index contributed by atoms with van der Waals surface area (Å²) in [4.78, 5) is 3.58. The number of benzene rings is 1.